The van der Waals surface area contributed by atoms with Gasteiger partial charge in [-0.25, -0.2) is 5.43 Å². The van der Waals surface area contributed by atoms with E-state index in [-0.39, 0.29) is 22.4 Å². The standard InChI is InChI=1S/C20H14ClN7O4S/c21-17-10-14(28(30)31)6-8-16(17)18-9-7-15(32-18)11-22-23-19(29)12-33-27-20(24-25-26-27)13-4-2-1-3-5-13/h1-11H,12H2,(H,23,29)/b22-11+. The van der Waals surface area contributed by atoms with Gasteiger partial charge in [-0.2, -0.15) is 9.19 Å². The quantitative estimate of drug-likeness (QED) is 0.226. The van der Waals surface area contributed by atoms with Gasteiger partial charge in [-0.3, -0.25) is 14.9 Å². The van der Waals surface area contributed by atoms with Crippen molar-refractivity contribution in [2.45, 2.75) is 0 Å². The number of aromatic nitrogens is 4. The fourth-order valence-electron chi connectivity index (χ4n) is 2.73. The highest BCUT2D eigenvalue weighted by Gasteiger charge is 2.14. The lowest BCUT2D eigenvalue weighted by Gasteiger charge is -2.03. The van der Waals surface area contributed by atoms with Gasteiger partial charge in [-0.15, -0.1) is 5.10 Å². The predicted octanol–water partition coefficient (Wildman–Crippen LogP) is 3.81. The normalized spacial score (nSPS) is 11.1. The predicted molar refractivity (Wildman–Crippen MR) is 123 cm³/mol. The van der Waals surface area contributed by atoms with Crippen LogP contribution in [0.5, 0.6) is 0 Å². The molecule has 0 atom stereocenters. The zero-order valence-corrected chi connectivity index (χ0v) is 18.2. The molecule has 11 nitrogen and oxygen atoms in total. The third-order valence-electron chi connectivity index (χ3n) is 4.23. The number of amides is 1. The van der Waals surface area contributed by atoms with Crippen LogP contribution in [0.2, 0.25) is 5.02 Å². The Balaban J connectivity index is 1.33. The minimum Gasteiger partial charge on any atom is -0.455 e. The Kier molecular flexibility index (Phi) is 6.76. The second kappa shape index (κ2) is 10.1. The Morgan fingerprint density at radius 3 is 2.82 bits per heavy atom. The third kappa shape index (κ3) is 5.42. The van der Waals surface area contributed by atoms with Crippen LogP contribution in [0.15, 0.2) is 70.2 Å². The number of rotatable bonds is 8. The number of hydrazone groups is 1. The second-order valence-corrected chi connectivity index (χ2v) is 7.73. The molecule has 1 amide bonds. The number of halogens is 1. The maximum atomic E-state index is 12.1. The van der Waals surface area contributed by atoms with Crippen LogP contribution in [0.4, 0.5) is 5.69 Å². The monoisotopic (exact) mass is 483 g/mol. The first-order chi connectivity index (χ1) is 16.0. The van der Waals surface area contributed by atoms with Gasteiger partial charge in [0.1, 0.15) is 11.5 Å². The van der Waals surface area contributed by atoms with E-state index in [9.17, 15) is 14.9 Å². The van der Waals surface area contributed by atoms with Crippen molar-refractivity contribution >= 4 is 41.4 Å². The minimum absolute atomic E-state index is 0.0318. The SMILES string of the molecule is O=C(CSn1nnnc1-c1ccccc1)N/N=C/c1ccc(-c2ccc([N+](=O)[O-])cc2Cl)o1. The van der Waals surface area contributed by atoms with Crippen LogP contribution in [-0.2, 0) is 4.79 Å². The van der Waals surface area contributed by atoms with E-state index in [1.807, 2.05) is 30.3 Å². The molecule has 2 heterocycles. The number of carbonyl (C=O) groups excluding carboxylic acids is 1. The number of nitro benzene ring substituents is 1. The fourth-order valence-corrected chi connectivity index (χ4v) is 3.65. The van der Waals surface area contributed by atoms with Crippen molar-refractivity contribution in [1.82, 2.24) is 25.0 Å². The number of benzene rings is 2. The Bertz CT molecular complexity index is 1320. The van der Waals surface area contributed by atoms with Gasteiger partial charge >= 0.3 is 0 Å². The van der Waals surface area contributed by atoms with Crippen molar-refractivity contribution in [3.63, 3.8) is 0 Å². The smallest absolute Gasteiger partial charge is 0.270 e. The van der Waals surface area contributed by atoms with Crippen molar-refractivity contribution in [3.05, 3.63) is 81.6 Å². The number of hydrogen-bond donors (Lipinski definition) is 1. The molecule has 0 saturated carbocycles. The summed E-state index contributed by atoms with van der Waals surface area (Å²) < 4.78 is 7.09. The first kappa shape index (κ1) is 22.2. The summed E-state index contributed by atoms with van der Waals surface area (Å²) in [6.45, 7) is 0. The number of nitrogens with zero attached hydrogens (tertiary/aromatic N) is 6. The summed E-state index contributed by atoms with van der Waals surface area (Å²) in [4.78, 5) is 22.4. The van der Waals surface area contributed by atoms with E-state index in [0.717, 1.165) is 17.5 Å². The van der Waals surface area contributed by atoms with Crippen LogP contribution in [0, 0.1) is 10.1 Å². The lowest BCUT2D eigenvalue weighted by Crippen LogP contribution is -2.20. The van der Waals surface area contributed by atoms with Gasteiger partial charge in [0.2, 0.25) is 0 Å². The Morgan fingerprint density at radius 2 is 2.06 bits per heavy atom. The molecule has 0 saturated heterocycles. The highest BCUT2D eigenvalue weighted by atomic mass is 35.5. The molecule has 13 heteroatoms. The Labute approximate surface area is 195 Å². The van der Waals surface area contributed by atoms with Gasteiger partial charge in [0.05, 0.1) is 21.9 Å². The largest absolute Gasteiger partial charge is 0.455 e. The zero-order valence-electron chi connectivity index (χ0n) is 16.7. The van der Waals surface area contributed by atoms with Crippen molar-refractivity contribution in [1.29, 1.82) is 0 Å². The summed E-state index contributed by atoms with van der Waals surface area (Å²) in [7, 11) is 0. The number of nitrogens with one attached hydrogen (secondary N) is 1. The average Bonchev–Trinajstić information content (AvgIpc) is 3.48. The van der Waals surface area contributed by atoms with Gasteiger partial charge in [0, 0.05) is 23.3 Å². The first-order valence-electron chi connectivity index (χ1n) is 9.34. The number of hydrogen-bond acceptors (Lipinski definition) is 9. The molecule has 4 aromatic rings. The molecule has 0 fully saturated rings. The van der Waals surface area contributed by atoms with E-state index < -0.39 is 4.92 Å². The number of nitro groups is 1. The van der Waals surface area contributed by atoms with Crippen LogP contribution in [-0.4, -0.2) is 42.4 Å². The highest BCUT2D eigenvalue weighted by Crippen LogP contribution is 2.32. The molecule has 166 valence electrons. The molecule has 0 aliphatic heterocycles. The zero-order chi connectivity index (χ0) is 23.2. The molecular formula is C20H14ClN7O4S. The molecule has 0 spiro atoms. The summed E-state index contributed by atoms with van der Waals surface area (Å²) in [5, 5.41) is 26.4. The number of carbonyl (C=O) groups is 1. The van der Waals surface area contributed by atoms with E-state index in [1.54, 1.807) is 12.1 Å². The molecular weight excluding hydrogens is 470 g/mol. The van der Waals surface area contributed by atoms with Gasteiger partial charge in [-0.05, 0) is 40.6 Å². The van der Waals surface area contributed by atoms with Crippen LogP contribution in [0.3, 0.4) is 0 Å². The van der Waals surface area contributed by atoms with Gasteiger partial charge < -0.3 is 4.42 Å². The van der Waals surface area contributed by atoms with Crippen LogP contribution in [0.25, 0.3) is 22.7 Å². The van der Waals surface area contributed by atoms with Crippen molar-refractivity contribution in [3.8, 4) is 22.7 Å². The summed E-state index contributed by atoms with van der Waals surface area (Å²) in [5.41, 5.74) is 3.61. The van der Waals surface area contributed by atoms with E-state index in [2.05, 4.69) is 26.1 Å². The van der Waals surface area contributed by atoms with Crippen LogP contribution in [0.1, 0.15) is 5.76 Å². The molecule has 0 radical (unpaired) electrons. The maximum absolute atomic E-state index is 12.1. The van der Waals surface area contributed by atoms with E-state index in [4.69, 9.17) is 16.0 Å². The molecule has 0 aliphatic rings. The van der Waals surface area contributed by atoms with E-state index in [1.165, 1.54) is 28.5 Å². The Morgan fingerprint density at radius 1 is 1.24 bits per heavy atom. The molecule has 0 bridgehead atoms. The fraction of sp³-hybridized carbons (Fsp3) is 0.0500. The number of tetrazole rings is 1. The minimum atomic E-state index is -0.529. The summed E-state index contributed by atoms with van der Waals surface area (Å²) >= 11 is 7.23. The average molecular weight is 484 g/mol. The Hall–Kier alpha value is -4.03. The van der Waals surface area contributed by atoms with Gasteiger partial charge in [-0.1, -0.05) is 41.9 Å². The summed E-state index contributed by atoms with van der Waals surface area (Å²) in [6.07, 6.45) is 1.33. The third-order valence-corrected chi connectivity index (χ3v) is 5.42. The molecule has 0 unspecified atom stereocenters. The maximum Gasteiger partial charge on any atom is 0.270 e. The van der Waals surface area contributed by atoms with Crippen LogP contribution >= 0.6 is 23.5 Å². The topological polar surface area (TPSA) is 141 Å². The molecule has 2 aromatic carbocycles. The van der Waals surface area contributed by atoms with Crippen molar-refractivity contribution in [2.24, 2.45) is 5.10 Å². The van der Waals surface area contributed by atoms with Crippen LogP contribution < -0.4 is 5.43 Å². The molecule has 2 aromatic heterocycles. The first-order valence-corrected chi connectivity index (χ1v) is 10.7. The van der Waals surface area contributed by atoms with E-state index >= 15 is 0 Å². The highest BCUT2D eigenvalue weighted by molar-refractivity contribution is 7.98. The number of furan rings is 1. The van der Waals surface area contributed by atoms with Gasteiger partial charge in [0.25, 0.3) is 11.6 Å². The van der Waals surface area contributed by atoms with Crippen molar-refractivity contribution < 1.29 is 14.1 Å². The lowest BCUT2D eigenvalue weighted by molar-refractivity contribution is -0.384. The lowest BCUT2D eigenvalue weighted by atomic mass is 10.1. The molecule has 1 N–H and O–H groups in total. The van der Waals surface area contributed by atoms with Crippen molar-refractivity contribution in [2.75, 3.05) is 5.75 Å². The second-order valence-electron chi connectivity index (χ2n) is 6.43. The molecule has 4 rings (SSSR count). The summed E-state index contributed by atoms with van der Waals surface area (Å²) in [5.74, 6) is 0.967. The molecule has 0 aliphatic carbocycles. The summed E-state index contributed by atoms with van der Waals surface area (Å²) in [6, 6.07) is 16.7. The number of non-ortho nitro benzene ring substituents is 1. The molecule has 33 heavy (non-hydrogen) atoms. The van der Waals surface area contributed by atoms with E-state index in [0.29, 0.717) is 22.9 Å². The van der Waals surface area contributed by atoms with Gasteiger partial charge in [0.15, 0.2) is 5.82 Å².